The molecule has 1 saturated carbocycles. The van der Waals surface area contributed by atoms with E-state index in [9.17, 15) is 4.79 Å². The molecule has 0 heterocycles. The molecule has 0 spiro atoms. The quantitative estimate of drug-likeness (QED) is 0.435. The lowest BCUT2D eigenvalue weighted by Crippen LogP contribution is -2.18. The first-order chi connectivity index (χ1) is 7.11. The summed E-state index contributed by atoms with van der Waals surface area (Å²) in [5, 5.41) is 19.3. The predicted octanol–water partition coefficient (Wildman–Crippen LogP) is 1.72. The topological polar surface area (TPSA) is 79.1 Å². The Balaban J connectivity index is 0.000000288. The van der Waals surface area contributed by atoms with Crippen LogP contribution in [0.5, 0.6) is 0 Å². The molecule has 0 aromatic rings. The number of carboxylic acid groups (broad SMARTS) is 1. The molecular formula is C9H16ClNO4. The number of hydrogen-bond donors (Lipinski definition) is 2. The normalized spacial score (nSPS) is 23.1. The molecule has 1 aliphatic rings. The van der Waals surface area contributed by atoms with Crippen LogP contribution in [0.1, 0.15) is 25.7 Å². The van der Waals surface area contributed by atoms with Gasteiger partial charge in [-0.15, -0.1) is 11.6 Å². The van der Waals surface area contributed by atoms with Gasteiger partial charge in [-0.05, 0) is 19.3 Å². The number of alkyl halides is 1. The fourth-order valence-corrected chi connectivity index (χ4v) is 1.50. The van der Waals surface area contributed by atoms with Gasteiger partial charge in [-0.25, -0.2) is 4.79 Å². The minimum atomic E-state index is -0.933. The highest BCUT2D eigenvalue weighted by molar-refractivity contribution is 6.32. The minimum absolute atomic E-state index is 0.0104. The van der Waals surface area contributed by atoms with Gasteiger partial charge in [0.15, 0.2) is 0 Å². The summed E-state index contributed by atoms with van der Waals surface area (Å²) >= 11 is 5.79. The molecule has 0 aliphatic heterocycles. The third kappa shape index (κ3) is 7.16. The van der Waals surface area contributed by atoms with Gasteiger partial charge in [0, 0.05) is 7.11 Å². The van der Waals surface area contributed by atoms with Crippen molar-refractivity contribution in [3.8, 4) is 0 Å². The van der Waals surface area contributed by atoms with Crippen LogP contribution in [-0.4, -0.2) is 41.1 Å². The second-order valence-electron chi connectivity index (χ2n) is 3.13. The summed E-state index contributed by atoms with van der Waals surface area (Å²) in [7, 11) is 1.34. The second kappa shape index (κ2) is 8.49. The van der Waals surface area contributed by atoms with Gasteiger partial charge in [-0.2, -0.15) is 0 Å². The van der Waals surface area contributed by atoms with Crippen molar-refractivity contribution in [2.75, 3.05) is 13.7 Å². The molecule has 0 bridgehead atoms. The predicted molar refractivity (Wildman–Crippen MR) is 56.8 cm³/mol. The lowest BCUT2D eigenvalue weighted by atomic mass is 9.98. The van der Waals surface area contributed by atoms with E-state index in [-0.39, 0.29) is 12.0 Å². The third-order valence-electron chi connectivity index (χ3n) is 1.90. The Morgan fingerprint density at radius 3 is 2.60 bits per heavy atom. The number of rotatable bonds is 2. The number of oxime groups is 1. The van der Waals surface area contributed by atoms with Crippen LogP contribution in [0.4, 0.5) is 0 Å². The first-order valence-corrected chi connectivity index (χ1v) is 5.11. The van der Waals surface area contributed by atoms with Crippen LogP contribution in [0.2, 0.25) is 0 Å². The molecule has 2 N–H and O–H groups in total. The van der Waals surface area contributed by atoms with E-state index in [1.807, 2.05) is 0 Å². The van der Waals surface area contributed by atoms with Crippen molar-refractivity contribution in [1.29, 1.82) is 0 Å². The van der Waals surface area contributed by atoms with Crippen LogP contribution in [0, 0.1) is 0 Å². The average molecular weight is 238 g/mol. The summed E-state index contributed by atoms with van der Waals surface area (Å²) in [6.07, 6.45) is 4.10. The SMILES string of the molecule is COCC(=O)O.ON=C1CCCCC1Cl. The van der Waals surface area contributed by atoms with Gasteiger partial charge in [0.25, 0.3) is 0 Å². The Labute approximate surface area is 93.7 Å². The lowest BCUT2D eigenvalue weighted by Gasteiger charge is -2.15. The van der Waals surface area contributed by atoms with Crippen LogP contribution in [0.15, 0.2) is 5.16 Å². The highest BCUT2D eigenvalue weighted by Gasteiger charge is 2.17. The number of carbonyl (C=O) groups is 1. The van der Waals surface area contributed by atoms with Gasteiger partial charge >= 0.3 is 5.97 Å². The van der Waals surface area contributed by atoms with Gasteiger partial charge in [0.05, 0.1) is 11.1 Å². The molecule has 0 saturated heterocycles. The summed E-state index contributed by atoms with van der Waals surface area (Å²) in [6.45, 7) is -0.208. The molecule has 6 heteroatoms. The van der Waals surface area contributed by atoms with E-state index in [0.717, 1.165) is 31.4 Å². The van der Waals surface area contributed by atoms with Gasteiger partial charge in [0.1, 0.15) is 6.61 Å². The summed E-state index contributed by atoms with van der Waals surface area (Å²) < 4.78 is 4.20. The number of hydrogen-bond acceptors (Lipinski definition) is 4. The van der Waals surface area contributed by atoms with Crippen LogP contribution in [-0.2, 0) is 9.53 Å². The Hall–Kier alpha value is -0.810. The lowest BCUT2D eigenvalue weighted by molar-refractivity contribution is -0.141. The third-order valence-corrected chi connectivity index (χ3v) is 2.37. The minimum Gasteiger partial charge on any atom is -0.480 e. The standard InChI is InChI=1S/C6H10ClNO.C3H6O3/c7-5-3-1-2-4-6(5)8-9;1-6-2-3(4)5/h5,9H,1-4H2;2H2,1H3,(H,4,5). The van der Waals surface area contributed by atoms with Crippen LogP contribution >= 0.6 is 11.6 Å². The first kappa shape index (κ1) is 14.2. The Kier molecular flexibility index (Phi) is 8.04. The zero-order chi connectivity index (χ0) is 11.7. The van der Waals surface area contributed by atoms with E-state index in [1.165, 1.54) is 7.11 Å². The maximum absolute atomic E-state index is 9.47. The van der Waals surface area contributed by atoms with Crippen molar-refractivity contribution in [1.82, 2.24) is 0 Å². The summed E-state index contributed by atoms with van der Waals surface area (Å²) in [6, 6.07) is 0. The van der Waals surface area contributed by atoms with Crippen LogP contribution in [0.25, 0.3) is 0 Å². The van der Waals surface area contributed by atoms with Crippen molar-refractivity contribution in [3.63, 3.8) is 0 Å². The van der Waals surface area contributed by atoms with Crippen LogP contribution < -0.4 is 0 Å². The smallest absolute Gasteiger partial charge is 0.329 e. The molecule has 1 rings (SSSR count). The maximum atomic E-state index is 9.47. The average Bonchev–Trinajstić information content (AvgIpc) is 2.19. The van der Waals surface area contributed by atoms with E-state index in [0.29, 0.717) is 0 Å². The molecule has 0 amide bonds. The Morgan fingerprint density at radius 2 is 2.33 bits per heavy atom. The molecular weight excluding hydrogens is 222 g/mol. The van der Waals surface area contributed by atoms with Crippen molar-refractivity contribution < 1.29 is 19.8 Å². The van der Waals surface area contributed by atoms with E-state index >= 15 is 0 Å². The van der Waals surface area contributed by atoms with Gasteiger partial charge in [0.2, 0.25) is 0 Å². The molecule has 0 aromatic heterocycles. The van der Waals surface area contributed by atoms with Crippen molar-refractivity contribution in [2.45, 2.75) is 31.1 Å². The van der Waals surface area contributed by atoms with Crippen LogP contribution in [0.3, 0.4) is 0 Å². The number of ether oxygens (including phenoxy) is 1. The Morgan fingerprint density at radius 1 is 1.67 bits per heavy atom. The summed E-state index contributed by atoms with van der Waals surface area (Å²) in [4.78, 5) is 9.47. The van der Waals surface area contributed by atoms with Gasteiger partial charge in [-0.3, -0.25) is 0 Å². The van der Waals surface area contributed by atoms with E-state index in [4.69, 9.17) is 21.9 Å². The summed E-state index contributed by atoms with van der Waals surface area (Å²) in [5.41, 5.74) is 0.753. The molecule has 1 unspecified atom stereocenters. The Bertz CT molecular complexity index is 220. The zero-order valence-corrected chi connectivity index (χ0v) is 9.40. The van der Waals surface area contributed by atoms with Crippen molar-refractivity contribution >= 4 is 23.3 Å². The molecule has 0 radical (unpaired) electrons. The molecule has 1 aliphatic carbocycles. The fourth-order valence-electron chi connectivity index (χ4n) is 1.19. The van der Waals surface area contributed by atoms with Crippen molar-refractivity contribution in [3.05, 3.63) is 0 Å². The van der Waals surface area contributed by atoms with E-state index in [2.05, 4.69) is 9.89 Å². The largest absolute Gasteiger partial charge is 0.480 e. The number of methoxy groups -OCH3 is 1. The maximum Gasteiger partial charge on any atom is 0.329 e. The fraction of sp³-hybridized carbons (Fsp3) is 0.778. The highest BCUT2D eigenvalue weighted by Crippen LogP contribution is 2.19. The second-order valence-corrected chi connectivity index (χ2v) is 3.66. The molecule has 15 heavy (non-hydrogen) atoms. The number of nitrogens with zero attached hydrogens (tertiary/aromatic N) is 1. The monoisotopic (exact) mass is 237 g/mol. The van der Waals surface area contributed by atoms with Gasteiger partial charge < -0.3 is 15.1 Å². The molecule has 0 aromatic carbocycles. The summed E-state index contributed by atoms with van der Waals surface area (Å²) in [5.74, 6) is -0.933. The molecule has 1 atom stereocenters. The number of halogens is 1. The first-order valence-electron chi connectivity index (χ1n) is 4.67. The molecule has 1 fully saturated rings. The van der Waals surface area contributed by atoms with E-state index in [1.54, 1.807) is 0 Å². The molecule has 88 valence electrons. The highest BCUT2D eigenvalue weighted by atomic mass is 35.5. The molecule has 5 nitrogen and oxygen atoms in total. The number of carboxylic acids is 1. The van der Waals surface area contributed by atoms with Crippen molar-refractivity contribution in [2.24, 2.45) is 5.16 Å². The zero-order valence-electron chi connectivity index (χ0n) is 8.65. The number of aliphatic carboxylic acids is 1. The van der Waals surface area contributed by atoms with Gasteiger partial charge in [-0.1, -0.05) is 11.6 Å². The van der Waals surface area contributed by atoms with E-state index < -0.39 is 5.97 Å².